The molecule has 0 fully saturated rings. The molecule has 3 heterocycles. The number of fused-ring (bicyclic) bond motifs is 1. The van der Waals surface area contributed by atoms with Crippen LogP contribution in [-0.4, -0.2) is 43.3 Å². The molecule has 0 unspecified atom stereocenters. The van der Waals surface area contributed by atoms with Crippen LogP contribution < -0.4 is 10.6 Å². The van der Waals surface area contributed by atoms with E-state index >= 15 is 0 Å². The molecule has 0 atom stereocenters. The van der Waals surface area contributed by atoms with E-state index in [0.717, 1.165) is 16.9 Å². The summed E-state index contributed by atoms with van der Waals surface area (Å²) in [6, 6.07) is 2.58. The lowest BCUT2D eigenvalue weighted by Crippen LogP contribution is -2.25. The first kappa shape index (κ1) is 24.6. The molecule has 186 valence electrons. The third-order valence-electron chi connectivity index (χ3n) is 5.18. The summed E-state index contributed by atoms with van der Waals surface area (Å²) in [5, 5.41) is 8.76. The van der Waals surface area contributed by atoms with Gasteiger partial charge in [0.05, 0.1) is 36.1 Å². The van der Waals surface area contributed by atoms with Crippen molar-refractivity contribution >= 4 is 23.1 Å². The lowest BCUT2D eigenvalue weighted by atomic mass is 10.1. The zero-order chi connectivity index (χ0) is 26.0. The number of halogens is 5. The Morgan fingerprint density at radius 3 is 2.69 bits per heavy atom. The number of carbonyl (C=O) groups excluding carboxylic acids is 1. The van der Waals surface area contributed by atoms with Gasteiger partial charge in [-0.25, -0.2) is 18.7 Å². The number of aryl methyl sites for hydroxylation is 2. The first-order valence-corrected chi connectivity index (χ1v) is 10.5. The fourth-order valence-electron chi connectivity index (χ4n) is 3.69. The van der Waals surface area contributed by atoms with Crippen LogP contribution in [0.2, 0.25) is 0 Å². The zero-order valence-corrected chi connectivity index (χ0v) is 18.7. The van der Waals surface area contributed by atoms with Gasteiger partial charge in [0.25, 0.3) is 5.91 Å². The molecule has 3 aromatic heterocycles. The van der Waals surface area contributed by atoms with Crippen LogP contribution in [0.15, 0.2) is 36.9 Å². The van der Waals surface area contributed by atoms with Crippen molar-refractivity contribution in [2.45, 2.75) is 19.6 Å². The first-order valence-electron chi connectivity index (χ1n) is 10.5. The van der Waals surface area contributed by atoms with Crippen molar-refractivity contribution < 1.29 is 26.7 Å². The highest BCUT2D eigenvalue weighted by Gasteiger charge is 2.38. The van der Waals surface area contributed by atoms with Crippen molar-refractivity contribution in [1.82, 2.24) is 29.5 Å². The summed E-state index contributed by atoms with van der Waals surface area (Å²) in [5.74, 6) is 0.882. The normalized spacial score (nSPS) is 11.5. The van der Waals surface area contributed by atoms with Crippen LogP contribution in [0.5, 0.6) is 0 Å². The Balaban J connectivity index is 1.72. The van der Waals surface area contributed by atoms with Gasteiger partial charge in [-0.05, 0) is 24.6 Å². The van der Waals surface area contributed by atoms with E-state index in [2.05, 4.69) is 31.6 Å². The molecule has 0 aliphatic carbocycles. The number of anilines is 2. The molecule has 0 saturated carbocycles. The van der Waals surface area contributed by atoms with Gasteiger partial charge < -0.3 is 10.6 Å². The highest BCUT2D eigenvalue weighted by molar-refractivity contribution is 5.96. The van der Waals surface area contributed by atoms with Crippen LogP contribution >= 0.6 is 0 Å². The van der Waals surface area contributed by atoms with Gasteiger partial charge in [0.15, 0.2) is 17.2 Å². The van der Waals surface area contributed by atoms with Crippen LogP contribution in [0.4, 0.5) is 33.5 Å². The molecule has 13 heteroatoms. The Morgan fingerprint density at radius 1 is 1.25 bits per heavy atom. The molecule has 0 aliphatic heterocycles. The van der Waals surface area contributed by atoms with Crippen LogP contribution in [0.3, 0.4) is 0 Å². The number of nitrogens with zero attached hydrogens (tertiary/aromatic N) is 5. The number of carbonyl (C=O) groups is 1. The third-order valence-corrected chi connectivity index (χ3v) is 5.18. The second kappa shape index (κ2) is 9.65. The smallest absolute Gasteiger partial charge is 0.341 e. The quantitative estimate of drug-likeness (QED) is 0.293. The predicted octanol–water partition coefficient (Wildman–Crippen LogP) is 4.14. The van der Waals surface area contributed by atoms with E-state index in [0.29, 0.717) is 5.56 Å². The number of terminal acetylenes is 1. The maximum atomic E-state index is 14.7. The number of nitrogens with one attached hydrogen (secondary N) is 2. The molecule has 1 amide bonds. The number of rotatable bonds is 7. The zero-order valence-electron chi connectivity index (χ0n) is 18.7. The SMILES string of the molecule is C#CCNC(=O)c1c(C)cc(Nc2nccn3c(-c4cn(CCF)nc4C(F)(F)F)cnc23)cc1F. The Kier molecular flexibility index (Phi) is 6.61. The van der Waals surface area contributed by atoms with E-state index in [4.69, 9.17) is 6.42 Å². The fraction of sp³-hybridized carbons (Fsp3) is 0.217. The standard InChI is InChI=1S/C23H18F5N7O/c1-3-5-30-22(36)18-13(2)9-14(10-16(18)25)32-20-21-31-11-17(35(21)8-6-29-20)15-12-34(7-4-24)33-19(15)23(26,27)28/h1,6,8-12H,4-5,7H2,2H3,(H,29,32)(H,30,36). The molecule has 0 aliphatic rings. The van der Waals surface area contributed by atoms with Crippen molar-refractivity contribution in [2.75, 3.05) is 18.5 Å². The Labute approximate surface area is 201 Å². The Hall–Kier alpha value is -4.47. The Bertz CT molecular complexity index is 1460. The number of hydrogen-bond acceptors (Lipinski definition) is 5. The average Bonchev–Trinajstić information content (AvgIpc) is 3.42. The van der Waals surface area contributed by atoms with E-state index in [9.17, 15) is 26.7 Å². The number of alkyl halides is 4. The Morgan fingerprint density at radius 2 is 2.03 bits per heavy atom. The molecule has 0 bridgehead atoms. The minimum absolute atomic E-state index is 0.0516. The summed E-state index contributed by atoms with van der Waals surface area (Å²) >= 11 is 0. The molecule has 0 radical (unpaired) electrons. The molecule has 4 aromatic rings. The highest BCUT2D eigenvalue weighted by atomic mass is 19.4. The van der Waals surface area contributed by atoms with Crippen molar-refractivity contribution in [3.05, 3.63) is 59.6 Å². The van der Waals surface area contributed by atoms with E-state index in [1.54, 1.807) is 0 Å². The van der Waals surface area contributed by atoms with Gasteiger partial charge in [-0.2, -0.15) is 18.3 Å². The lowest BCUT2D eigenvalue weighted by molar-refractivity contribution is -0.141. The van der Waals surface area contributed by atoms with Gasteiger partial charge in [-0.1, -0.05) is 5.92 Å². The number of benzene rings is 1. The van der Waals surface area contributed by atoms with E-state index < -0.39 is 30.3 Å². The minimum Gasteiger partial charge on any atom is -0.341 e. The van der Waals surface area contributed by atoms with Gasteiger partial charge in [0.1, 0.15) is 12.5 Å². The van der Waals surface area contributed by atoms with E-state index in [1.165, 1.54) is 36.0 Å². The summed E-state index contributed by atoms with van der Waals surface area (Å²) in [4.78, 5) is 20.5. The fourth-order valence-corrected chi connectivity index (χ4v) is 3.69. The van der Waals surface area contributed by atoms with Crippen molar-refractivity contribution in [3.63, 3.8) is 0 Å². The molecule has 0 saturated heterocycles. The van der Waals surface area contributed by atoms with Crippen molar-refractivity contribution in [1.29, 1.82) is 0 Å². The van der Waals surface area contributed by atoms with E-state index in [-0.39, 0.29) is 47.1 Å². The van der Waals surface area contributed by atoms with Gasteiger partial charge in [-0.3, -0.25) is 13.9 Å². The molecule has 0 spiro atoms. The van der Waals surface area contributed by atoms with Crippen LogP contribution in [-0.2, 0) is 12.7 Å². The minimum atomic E-state index is -4.78. The van der Waals surface area contributed by atoms with Crippen LogP contribution in [0, 0.1) is 25.1 Å². The summed E-state index contributed by atoms with van der Waals surface area (Å²) in [7, 11) is 0. The van der Waals surface area contributed by atoms with Crippen LogP contribution in [0.1, 0.15) is 21.6 Å². The second-order valence-corrected chi connectivity index (χ2v) is 7.62. The second-order valence-electron chi connectivity index (χ2n) is 7.62. The molecule has 36 heavy (non-hydrogen) atoms. The number of aromatic nitrogens is 5. The maximum Gasteiger partial charge on any atom is 0.435 e. The van der Waals surface area contributed by atoms with Gasteiger partial charge in [0.2, 0.25) is 0 Å². The van der Waals surface area contributed by atoms with Gasteiger partial charge >= 0.3 is 6.18 Å². The largest absolute Gasteiger partial charge is 0.435 e. The highest BCUT2D eigenvalue weighted by Crippen LogP contribution is 2.37. The van der Waals surface area contributed by atoms with Gasteiger partial charge in [0, 0.05) is 24.3 Å². The van der Waals surface area contributed by atoms with Crippen molar-refractivity contribution in [2.24, 2.45) is 0 Å². The summed E-state index contributed by atoms with van der Waals surface area (Å²) in [6.07, 6.45) is 5.37. The molecule has 4 rings (SSSR count). The molecule has 2 N–H and O–H groups in total. The van der Waals surface area contributed by atoms with Crippen molar-refractivity contribution in [3.8, 4) is 23.6 Å². The predicted molar refractivity (Wildman–Crippen MR) is 121 cm³/mol. The number of amides is 1. The van der Waals surface area contributed by atoms with Gasteiger partial charge in [-0.15, -0.1) is 6.42 Å². The lowest BCUT2D eigenvalue weighted by Gasteiger charge is -2.12. The van der Waals surface area contributed by atoms with Crippen LogP contribution in [0.25, 0.3) is 16.9 Å². The summed E-state index contributed by atoms with van der Waals surface area (Å²) < 4.78 is 70.5. The number of hydrogen-bond donors (Lipinski definition) is 2. The summed E-state index contributed by atoms with van der Waals surface area (Å²) in [6.45, 7) is 0.253. The first-order chi connectivity index (χ1) is 17.1. The molecular weight excluding hydrogens is 485 g/mol. The molecule has 8 nitrogen and oxygen atoms in total. The van der Waals surface area contributed by atoms with E-state index in [1.807, 2.05) is 0 Å². The molecular formula is C23H18F5N7O. The molecule has 1 aromatic carbocycles. The summed E-state index contributed by atoms with van der Waals surface area (Å²) in [5.41, 5.74) is -0.891. The topological polar surface area (TPSA) is 89.1 Å². The maximum absolute atomic E-state index is 14.7. The number of imidazole rings is 1. The monoisotopic (exact) mass is 503 g/mol. The third kappa shape index (κ3) is 4.70. The average molecular weight is 503 g/mol.